The second kappa shape index (κ2) is 9.80. The van der Waals surface area contributed by atoms with E-state index in [4.69, 9.17) is 20.2 Å². The van der Waals surface area contributed by atoms with Gasteiger partial charge in [0.25, 0.3) is 0 Å². The fourth-order valence-electron chi connectivity index (χ4n) is 4.64. The minimum absolute atomic E-state index is 0.0992. The van der Waals surface area contributed by atoms with Crippen molar-refractivity contribution in [2.75, 3.05) is 20.3 Å². The van der Waals surface area contributed by atoms with Gasteiger partial charge in [-0.05, 0) is 37.8 Å². The molecule has 35 heavy (non-hydrogen) atoms. The second-order valence-corrected chi connectivity index (χ2v) is 8.66. The molecule has 1 saturated carbocycles. The number of ether oxygens (including phenoxy) is 2. The number of hydrogen-bond donors (Lipinski definition) is 2. The van der Waals surface area contributed by atoms with E-state index in [9.17, 15) is 5.21 Å². The third kappa shape index (κ3) is 4.47. The van der Waals surface area contributed by atoms with Crippen molar-refractivity contribution >= 4 is 11.5 Å². The molecule has 11 heteroatoms. The van der Waals surface area contributed by atoms with E-state index in [-0.39, 0.29) is 11.8 Å². The lowest BCUT2D eigenvalue weighted by Gasteiger charge is -2.38. The molecule has 0 aliphatic heterocycles. The van der Waals surface area contributed by atoms with Crippen molar-refractivity contribution in [1.82, 2.24) is 29.6 Å². The van der Waals surface area contributed by atoms with Crippen molar-refractivity contribution in [3.8, 4) is 16.8 Å². The number of para-hydroxylation sites is 1. The smallest absolute Gasteiger partial charge is 0.184 e. The molecule has 0 saturated heterocycles. The maximum absolute atomic E-state index is 9.31. The molecule has 1 aromatic carbocycles. The first-order chi connectivity index (χ1) is 17.1. The molecule has 182 valence electrons. The van der Waals surface area contributed by atoms with Gasteiger partial charge >= 0.3 is 0 Å². The number of fused-ring (bicyclic) bond motifs is 1. The van der Waals surface area contributed by atoms with Crippen LogP contribution in [0.2, 0.25) is 0 Å². The molecule has 1 fully saturated rings. The summed E-state index contributed by atoms with van der Waals surface area (Å²) in [6.45, 7) is 0.815. The fraction of sp³-hybridized carbons (Fsp3) is 0.375. The summed E-state index contributed by atoms with van der Waals surface area (Å²) in [5, 5.41) is 25.9. The third-order valence-corrected chi connectivity index (χ3v) is 6.63. The van der Waals surface area contributed by atoms with Crippen LogP contribution in [0, 0.1) is 0 Å². The summed E-state index contributed by atoms with van der Waals surface area (Å²) in [6.07, 6.45) is 10.1. The quantitative estimate of drug-likeness (QED) is 0.130. The number of benzene rings is 1. The Morgan fingerprint density at radius 1 is 1.11 bits per heavy atom. The summed E-state index contributed by atoms with van der Waals surface area (Å²) in [4.78, 5) is 4.93. The lowest BCUT2D eigenvalue weighted by Crippen LogP contribution is -2.49. The van der Waals surface area contributed by atoms with Gasteiger partial charge in [-0.3, -0.25) is 0 Å². The van der Waals surface area contributed by atoms with Gasteiger partial charge in [0, 0.05) is 24.8 Å². The molecule has 0 unspecified atom stereocenters. The van der Waals surface area contributed by atoms with Gasteiger partial charge in [-0.15, -0.1) is 4.63 Å². The highest BCUT2D eigenvalue weighted by Crippen LogP contribution is 2.40. The summed E-state index contributed by atoms with van der Waals surface area (Å²) < 4.78 is 14.5. The van der Waals surface area contributed by atoms with Crippen LogP contribution in [0.15, 0.2) is 60.3 Å². The highest BCUT2D eigenvalue weighted by atomic mass is 16.5. The molecule has 1 aliphatic carbocycles. The predicted molar refractivity (Wildman–Crippen MR) is 129 cm³/mol. The minimum Gasteiger partial charge on any atom is -0.409 e. The zero-order valence-electron chi connectivity index (χ0n) is 19.5. The van der Waals surface area contributed by atoms with Gasteiger partial charge in [0.2, 0.25) is 0 Å². The van der Waals surface area contributed by atoms with Crippen LogP contribution in [-0.4, -0.2) is 66.6 Å². The van der Waals surface area contributed by atoms with Crippen LogP contribution in [0.4, 0.5) is 0 Å². The molecule has 3 N–H and O–H groups in total. The Morgan fingerprint density at radius 3 is 2.63 bits per heavy atom. The molecular formula is C24H28N8O3. The van der Waals surface area contributed by atoms with E-state index in [0.717, 1.165) is 35.3 Å². The van der Waals surface area contributed by atoms with E-state index in [1.54, 1.807) is 19.5 Å². The lowest BCUT2D eigenvalue weighted by atomic mass is 9.77. The van der Waals surface area contributed by atoms with Gasteiger partial charge in [-0.25, -0.2) is 9.67 Å². The highest BCUT2D eigenvalue weighted by molar-refractivity contribution is 5.88. The predicted octanol–water partition coefficient (Wildman–Crippen LogP) is 2.78. The molecule has 3 heterocycles. The Morgan fingerprint density at radius 2 is 1.89 bits per heavy atom. The lowest BCUT2D eigenvalue weighted by molar-refractivity contribution is -0.0434. The first-order valence-electron chi connectivity index (χ1n) is 11.6. The zero-order chi connectivity index (χ0) is 24.3. The van der Waals surface area contributed by atoms with Crippen molar-refractivity contribution in [1.29, 1.82) is 0 Å². The molecule has 0 atom stereocenters. The Kier molecular flexibility index (Phi) is 6.43. The monoisotopic (exact) mass is 476 g/mol. The maximum atomic E-state index is 9.31. The normalized spacial score (nSPS) is 20.9. The van der Waals surface area contributed by atoms with Gasteiger partial charge in [-0.2, -0.15) is 15.3 Å². The van der Waals surface area contributed by atoms with Gasteiger partial charge in [0.15, 0.2) is 11.5 Å². The molecule has 1 aliphatic rings. The van der Waals surface area contributed by atoms with Gasteiger partial charge in [-0.1, -0.05) is 23.4 Å². The zero-order valence-corrected chi connectivity index (χ0v) is 19.5. The first-order valence-corrected chi connectivity index (χ1v) is 11.6. The second-order valence-electron chi connectivity index (χ2n) is 8.66. The van der Waals surface area contributed by atoms with E-state index in [1.807, 2.05) is 47.4 Å². The molecular weight excluding hydrogens is 448 g/mol. The van der Waals surface area contributed by atoms with E-state index in [2.05, 4.69) is 20.5 Å². The van der Waals surface area contributed by atoms with E-state index in [0.29, 0.717) is 31.7 Å². The van der Waals surface area contributed by atoms with Crippen LogP contribution in [0.1, 0.15) is 37.3 Å². The van der Waals surface area contributed by atoms with Gasteiger partial charge < -0.3 is 20.4 Å². The average molecular weight is 477 g/mol. The summed E-state index contributed by atoms with van der Waals surface area (Å²) in [7, 11) is 1.61. The first kappa shape index (κ1) is 22.9. The minimum atomic E-state index is -0.797. The van der Waals surface area contributed by atoms with Crippen LogP contribution >= 0.6 is 0 Å². The number of aromatic nitrogens is 6. The fourth-order valence-corrected chi connectivity index (χ4v) is 4.64. The number of oxime groups is 1. The van der Waals surface area contributed by atoms with Gasteiger partial charge in [0.1, 0.15) is 5.60 Å². The number of rotatable bonds is 8. The molecule has 11 nitrogen and oxygen atoms in total. The topological polar surface area (TPSA) is 138 Å². The Labute approximate surface area is 202 Å². The van der Waals surface area contributed by atoms with Crippen LogP contribution in [0.5, 0.6) is 0 Å². The third-order valence-electron chi connectivity index (χ3n) is 6.63. The number of nitrogens with two attached hydrogens (primary N) is 1. The van der Waals surface area contributed by atoms with Crippen molar-refractivity contribution in [2.45, 2.75) is 37.2 Å². The standard InChI is InChI=1S/C24H28N8O3/c1-34-11-12-35-24(23(25)30-33)9-7-17(8-10-24)21-15-28-32-22(29-21)20(14-27-32)18-13-26-31(16-18)19-5-3-2-4-6-19/h2-6,13-17,33H,7-12H2,1H3,(H2,25,30). The Bertz CT molecular complexity index is 1310. The number of nitrogens with zero attached hydrogens (tertiary/aromatic N) is 7. The molecule has 0 radical (unpaired) electrons. The van der Waals surface area contributed by atoms with Gasteiger partial charge in [0.05, 0.1) is 48.7 Å². The number of amidine groups is 1. The van der Waals surface area contributed by atoms with Crippen LogP contribution < -0.4 is 5.73 Å². The van der Waals surface area contributed by atoms with Crippen LogP contribution in [0.25, 0.3) is 22.5 Å². The van der Waals surface area contributed by atoms with Crippen molar-refractivity contribution in [3.63, 3.8) is 0 Å². The molecule has 3 aromatic heterocycles. The SMILES string of the molecule is COCCOC1(/C(N)=N/O)CCC(c2cnn3ncc(-c4cnn(-c5ccccc5)c4)c3n2)CC1. The number of methoxy groups -OCH3 is 1. The number of hydrogen-bond acceptors (Lipinski definition) is 8. The van der Waals surface area contributed by atoms with E-state index >= 15 is 0 Å². The molecule has 0 amide bonds. The maximum Gasteiger partial charge on any atom is 0.184 e. The summed E-state index contributed by atoms with van der Waals surface area (Å²) in [6, 6.07) is 9.93. The molecule has 0 bridgehead atoms. The Balaban J connectivity index is 1.37. The van der Waals surface area contributed by atoms with E-state index in [1.165, 1.54) is 4.63 Å². The van der Waals surface area contributed by atoms with Crippen molar-refractivity contribution < 1.29 is 14.7 Å². The summed E-state index contributed by atoms with van der Waals surface area (Å²) >= 11 is 0. The average Bonchev–Trinajstić information content (AvgIpc) is 3.56. The largest absolute Gasteiger partial charge is 0.409 e. The Hall–Kier alpha value is -3.83. The molecule has 4 aromatic rings. The van der Waals surface area contributed by atoms with Crippen molar-refractivity contribution in [2.24, 2.45) is 10.9 Å². The molecule has 5 rings (SSSR count). The van der Waals surface area contributed by atoms with Crippen LogP contribution in [-0.2, 0) is 9.47 Å². The summed E-state index contributed by atoms with van der Waals surface area (Å²) in [5.74, 6) is 0.273. The van der Waals surface area contributed by atoms with E-state index < -0.39 is 5.60 Å². The molecule has 0 spiro atoms. The van der Waals surface area contributed by atoms with Crippen molar-refractivity contribution in [3.05, 3.63) is 60.8 Å². The van der Waals surface area contributed by atoms with Crippen LogP contribution in [0.3, 0.4) is 0 Å². The summed E-state index contributed by atoms with van der Waals surface area (Å²) in [5.41, 5.74) is 9.56. The highest BCUT2D eigenvalue weighted by Gasteiger charge is 2.41.